The second-order valence-corrected chi connectivity index (χ2v) is 13.3. The van der Waals surface area contributed by atoms with E-state index in [1.54, 1.807) is 24.3 Å². The highest BCUT2D eigenvalue weighted by atomic mass is 16.5. The lowest BCUT2D eigenvalue weighted by Crippen LogP contribution is -2.10. The van der Waals surface area contributed by atoms with Crippen LogP contribution in [0.3, 0.4) is 0 Å². The van der Waals surface area contributed by atoms with E-state index in [1.165, 1.54) is 116 Å². The topological polar surface area (TPSA) is 52.6 Å². The predicted octanol–water partition coefficient (Wildman–Crippen LogP) is 11.9. The van der Waals surface area contributed by atoms with Gasteiger partial charge in [-0.1, -0.05) is 162 Å². The van der Waals surface area contributed by atoms with Crippen molar-refractivity contribution in [3.8, 4) is 0 Å². The molecule has 0 spiro atoms. The van der Waals surface area contributed by atoms with E-state index in [-0.39, 0.29) is 11.9 Å². The molecule has 1 aromatic carbocycles. The molecule has 0 heterocycles. The molecule has 0 radical (unpaired) electrons. The first-order valence-corrected chi connectivity index (χ1v) is 17.8. The third-order valence-electron chi connectivity index (χ3n) is 8.15. The number of unbranched alkanes of at least 4 members (excludes halogenated alkanes) is 18. The molecule has 0 aliphatic carbocycles. The number of esters is 2. The Labute approximate surface area is 260 Å². The van der Waals surface area contributed by atoms with Crippen LogP contribution in [-0.4, -0.2) is 25.2 Å². The Kier molecular flexibility index (Phi) is 24.3. The Bertz CT molecular complexity index is 724. The summed E-state index contributed by atoms with van der Waals surface area (Å²) in [5.74, 6) is 0.943. The number of rotatable bonds is 28. The number of hydrogen-bond donors (Lipinski definition) is 0. The Balaban J connectivity index is 2.02. The van der Waals surface area contributed by atoms with Crippen LogP contribution in [0.2, 0.25) is 0 Å². The van der Waals surface area contributed by atoms with Crippen LogP contribution in [-0.2, 0) is 9.47 Å². The Hall–Kier alpha value is -1.84. The highest BCUT2D eigenvalue weighted by molar-refractivity contribution is 5.95. The van der Waals surface area contributed by atoms with Gasteiger partial charge >= 0.3 is 11.9 Å². The van der Waals surface area contributed by atoms with Crippen LogP contribution >= 0.6 is 0 Å². The lowest BCUT2D eigenvalue weighted by molar-refractivity contribution is 0.0496. The summed E-state index contributed by atoms with van der Waals surface area (Å²) in [4.78, 5) is 24.9. The highest BCUT2D eigenvalue weighted by Gasteiger charge is 2.12. The van der Waals surface area contributed by atoms with Crippen molar-refractivity contribution in [2.24, 2.45) is 11.8 Å². The molecule has 0 unspecified atom stereocenters. The standard InChI is InChI=1S/C38H66O4/c1-33(2)26-21-17-13-9-5-7-11-15-19-23-30-41-37(39)35-28-25-29-36(32-35)38(40)42-31-24-20-16-12-8-6-10-14-18-22-27-34(3)4/h25,28-29,32-34H,5-24,26-27,30-31H2,1-4H3. The maximum Gasteiger partial charge on any atom is 0.338 e. The summed E-state index contributed by atoms with van der Waals surface area (Å²) in [6.45, 7) is 10.1. The molecule has 4 nitrogen and oxygen atoms in total. The summed E-state index contributed by atoms with van der Waals surface area (Å²) in [5.41, 5.74) is 0.829. The monoisotopic (exact) mass is 586 g/mol. The summed E-state index contributed by atoms with van der Waals surface area (Å²) in [7, 11) is 0. The Morgan fingerprint density at radius 1 is 0.476 bits per heavy atom. The zero-order valence-corrected chi connectivity index (χ0v) is 28.1. The maximum atomic E-state index is 12.5. The largest absolute Gasteiger partial charge is 0.462 e. The molecule has 4 heteroatoms. The fourth-order valence-corrected chi connectivity index (χ4v) is 5.41. The number of carbonyl (C=O) groups is 2. The lowest BCUT2D eigenvalue weighted by atomic mass is 10.0. The molecule has 42 heavy (non-hydrogen) atoms. The third-order valence-corrected chi connectivity index (χ3v) is 8.15. The number of ether oxygens (including phenoxy) is 2. The summed E-state index contributed by atoms with van der Waals surface area (Å²) in [5, 5.41) is 0. The molecule has 0 N–H and O–H groups in total. The predicted molar refractivity (Wildman–Crippen MR) is 178 cm³/mol. The van der Waals surface area contributed by atoms with Crippen molar-refractivity contribution in [3.05, 3.63) is 35.4 Å². The van der Waals surface area contributed by atoms with Crippen LogP contribution in [0.15, 0.2) is 24.3 Å². The molecule has 1 aromatic rings. The lowest BCUT2D eigenvalue weighted by Gasteiger charge is -2.08. The van der Waals surface area contributed by atoms with Crippen LogP contribution < -0.4 is 0 Å². The van der Waals surface area contributed by atoms with E-state index in [9.17, 15) is 9.59 Å². The minimum absolute atomic E-state index is 0.363. The van der Waals surface area contributed by atoms with Crippen molar-refractivity contribution < 1.29 is 19.1 Å². The molecule has 0 saturated carbocycles. The average Bonchev–Trinajstić information content (AvgIpc) is 2.97. The Morgan fingerprint density at radius 3 is 1.07 bits per heavy atom. The molecule has 1 rings (SSSR count). The highest BCUT2D eigenvalue weighted by Crippen LogP contribution is 2.15. The Morgan fingerprint density at radius 2 is 0.762 bits per heavy atom. The van der Waals surface area contributed by atoms with Gasteiger partial charge in [-0.05, 0) is 42.9 Å². The van der Waals surface area contributed by atoms with Gasteiger partial charge in [-0.25, -0.2) is 9.59 Å². The molecule has 0 fully saturated rings. The van der Waals surface area contributed by atoms with Gasteiger partial charge in [0.05, 0.1) is 24.3 Å². The van der Waals surface area contributed by atoms with E-state index < -0.39 is 0 Å². The smallest absolute Gasteiger partial charge is 0.338 e. The molecular weight excluding hydrogens is 520 g/mol. The maximum absolute atomic E-state index is 12.5. The summed E-state index contributed by atoms with van der Waals surface area (Å²) >= 11 is 0. The zero-order chi connectivity index (χ0) is 30.7. The van der Waals surface area contributed by atoms with Crippen molar-refractivity contribution >= 4 is 11.9 Å². The molecule has 0 aliphatic heterocycles. The van der Waals surface area contributed by atoms with Crippen LogP contribution in [0.4, 0.5) is 0 Å². The van der Waals surface area contributed by atoms with Gasteiger partial charge in [0.15, 0.2) is 0 Å². The minimum atomic E-state index is -0.363. The second kappa shape index (κ2) is 26.8. The second-order valence-electron chi connectivity index (χ2n) is 13.3. The van der Waals surface area contributed by atoms with Crippen molar-refractivity contribution in [1.82, 2.24) is 0 Å². The van der Waals surface area contributed by atoms with Gasteiger partial charge in [0.2, 0.25) is 0 Å². The van der Waals surface area contributed by atoms with Gasteiger partial charge in [0, 0.05) is 0 Å². The molecule has 242 valence electrons. The van der Waals surface area contributed by atoms with E-state index in [1.807, 2.05) is 0 Å². The van der Waals surface area contributed by atoms with Crippen molar-refractivity contribution in [1.29, 1.82) is 0 Å². The van der Waals surface area contributed by atoms with Gasteiger partial charge in [-0.3, -0.25) is 0 Å². The number of benzene rings is 1. The first kappa shape index (κ1) is 38.2. The summed E-state index contributed by atoms with van der Waals surface area (Å²) in [6.07, 6.45) is 27.9. The zero-order valence-electron chi connectivity index (χ0n) is 28.1. The molecular formula is C38H66O4. The fraction of sp³-hybridized carbons (Fsp3) is 0.789. The minimum Gasteiger partial charge on any atom is -0.462 e. The van der Waals surface area contributed by atoms with Crippen LogP contribution in [0.25, 0.3) is 0 Å². The van der Waals surface area contributed by atoms with E-state index in [2.05, 4.69) is 27.7 Å². The average molecular weight is 587 g/mol. The van der Waals surface area contributed by atoms with Crippen molar-refractivity contribution in [3.63, 3.8) is 0 Å². The van der Waals surface area contributed by atoms with Crippen LogP contribution in [0.5, 0.6) is 0 Å². The normalized spacial score (nSPS) is 11.4. The number of carbonyl (C=O) groups excluding carboxylic acids is 2. The molecule has 0 atom stereocenters. The first-order valence-electron chi connectivity index (χ1n) is 17.8. The fourth-order valence-electron chi connectivity index (χ4n) is 5.41. The van der Waals surface area contributed by atoms with E-state index in [4.69, 9.17) is 9.47 Å². The van der Waals surface area contributed by atoms with Gasteiger partial charge in [-0.2, -0.15) is 0 Å². The first-order chi connectivity index (χ1) is 20.4. The van der Waals surface area contributed by atoms with Crippen molar-refractivity contribution in [2.45, 2.75) is 169 Å². The van der Waals surface area contributed by atoms with Gasteiger partial charge in [-0.15, -0.1) is 0 Å². The third kappa shape index (κ3) is 22.7. The van der Waals surface area contributed by atoms with Gasteiger partial charge in [0.25, 0.3) is 0 Å². The molecule has 0 saturated heterocycles. The quantitative estimate of drug-likeness (QED) is 0.0724. The molecule has 0 aliphatic rings. The molecule has 0 aromatic heterocycles. The SMILES string of the molecule is CC(C)CCCCCCCCCCCCOC(=O)c1cccc(C(=O)OCCCCCCCCCCCCC(C)C)c1. The van der Waals surface area contributed by atoms with Gasteiger partial charge < -0.3 is 9.47 Å². The van der Waals surface area contributed by atoms with E-state index >= 15 is 0 Å². The van der Waals surface area contributed by atoms with Crippen molar-refractivity contribution in [2.75, 3.05) is 13.2 Å². The molecule has 0 amide bonds. The van der Waals surface area contributed by atoms with Crippen LogP contribution in [0, 0.1) is 11.8 Å². The summed E-state index contributed by atoms with van der Waals surface area (Å²) < 4.78 is 10.9. The molecule has 0 bridgehead atoms. The van der Waals surface area contributed by atoms with E-state index in [0.29, 0.717) is 24.3 Å². The van der Waals surface area contributed by atoms with E-state index in [0.717, 1.165) is 37.5 Å². The number of hydrogen-bond acceptors (Lipinski definition) is 4. The van der Waals surface area contributed by atoms with Crippen LogP contribution in [0.1, 0.15) is 190 Å². The summed E-state index contributed by atoms with van der Waals surface area (Å²) in [6, 6.07) is 6.72. The van der Waals surface area contributed by atoms with Gasteiger partial charge in [0.1, 0.15) is 0 Å².